The second kappa shape index (κ2) is 4.83. The van der Waals surface area contributed by atoms with Gasteiger partial charge in [0.05, 0.1) is 0 Å². The van der Waals surface area contributed by atoms with Gasteiger partial charge in [0.1, 0.15) is 6.04 Å². The Hall–Kier alpha value is -0.780. The van der Waals surface area contributed by atoms with Crippen molar-refractivity contribution >= 4 is 5.97 Å². The number of halogens is 3. The summed E-state index contributed by atoms with van der Waals surface area (Å²) in [5.74, 6) is -2.01. The number of carbonyl (C=O) groups is 1. The van der Waals surface area contributed by atoms with Gasteiger partial charge in [-0.3, -0.25) is 4.79 Å². The minimum absolute atomic E-state index is 0.306. The molecule has 1 aliphatic rings. The Morgan fingerprint density at radius 3 is 2.60 bits per heavy atom. The lowest BCUT2D eigenvalue weighted by atomic mass is 9.92. The molecule has 0 amide bonds. The second-order valence-corrected chi connectivity index (χ2v) is 3.83. The molecule has 2 atom stereocenters. The molecule has 0 bridgehead atoms. The molecule has 0 unspecified atom stereocenters. The third-order valence-corrected chi connectivity index (χ3v) is 2.63. The Morgan fingerprint density at radius 1 is 1.40 bits per heavy atom. The number of alkyl halides is 3. The minimum Gasteiger partial charge on any atom is -0.481 e. The predicted molar refractivity (Wildman–Crippen MR) is 47.4 cm³/mol. The molecule has 1 heterocycles. The van der Waals surface area contributed by atoms with Gasteiger partial charge in [-0.15, -0.1) is 0 Å². The maximum atomic E-state index is 12.6. The molecule has 6 heteroatoms. The summed E-state index contributed by atoms with van der Waals surface area (Å²) in [7, 11) is 0. The summed E-state index contributed by atoms with van der Waals surface area (Å²) in [4.78, 5) is 10.5. The number of nitrogens with one attached hydrogen (secondary N) is 1. The van der Waals surface area contributed by atoms with Gasteiger partial charge in [-0.05, 0) is 25.3 Å². The second-order valence-electron chi connectivity index (χ2n) is 3.83. The van der Waals surface area contributed by atoms with Crippen LogP contribution < -0.4 is 5.32 Å². The fourth-order valence-corrected chi connectivity index (χ4v) is 1.95. The molecule has 0 aromatic rings. The average molecular weight is 225 g/mol. The number of rotatable bonds is 2. The van der Waals surface area contributed by atoms with Crippen LogP contribution in [0, 0.1) is 5.92 Å². The summed E-state index contributed by atoms with van der Waals surface area (Å²) in [5, 5.41) is 10.9. The van der Waals surface area contributed by atoms with Crippen LogP contribution in [-0.4, -0.2) is 29.8 Å². The summed E-state index contributed by atoms with van der Waals surface area (Å²) in [5.41, 5.74) is 0. The van der Waals surface area contributed by atoms with Crippen molar-refractivity contribution in [2.24, 2.45) is 5.92 Å². The molecular formula is C9H14F3NO2. The molecule has 0 aromatic carbocycles. The van der Waals surface area contributed by atoms with Crippen LogP contribution in [0.15, 0.2) is 0 Å². The van der Waals surface area contributed by atoms with Crippen molar-refractivity contribution in [3.05, 3.63) is 0 Å². The van der Waals surface area contributed by atoms with Gasteiger partial charge in [0.25, 0.3) is 0 Å². The van der Waals surface area contributed by atoms with Gasteiger partial charge in [0, 0.05) is 6.42 Å². The molecule has 1 fully saturated rings. The fraction of sp³-hybridized carbons (Fsp3) is 0.889. The van der Waals surface area contributed by atoms with Gasteiger partial charge in [-0.1, -0.05) is 6.42 Å². The SMILES string of the molecule is O=C(O)C[C@H]1CCCCN[C@@H]1C(F)(F)F. The highest BCUT2D eigenvalue weighted by molar-refractivity contribution is 5.67. The summed E-state index contributed by atoms with van der Waals surface area (Å²) < 4.78 is 37.7. The van der Waals surface area contributed by atoms with E-state index in [1.54, 1.807) is 0 Å². The molecule has 0 aliphatic carbocycles. The van der Waals surface area contributed by atoms with E-state index in [2.05, 4.69) is 5.32 Å². The first-order valence-corrected chi connectivity index (χ1v) is 4.93. The van der Waals surface area contributed by atoms with Crippen LogP contribution >= 0.6 is 0 Å². The van der Waals surface area contributed by atoms with E-state index in [0.29, 0.717) is 25.8 Å². The monoisotopic (exact) mass is 225 g/mol. The maximum Gasteiger partial charge on any atom is 0.404 e. The predicted octanol–water partition coefficient (Wildman–Crippen LogP) is 1.78. The summed E-state index contributed by atoms with van der Waals surface area (Å²) in [6.07, 6.45) is -3.13. The van der Waals surface area contributed by atoms with Gasteiger partial charge >= 0.3 is 12.1 Å². The highest BCUT2D eigenvalue weighted by atomic mass is 19.4. The van der Waals surface area contributed by atoms with Crippen LogP contribution in [0.5, 0.6) is 0 Å². The number of carboxylic acid groups (broad SMARTS) is 1. The smallest absolute Gasteiger partial charge is 0.404 e. The highest BCUT2D eigenvalue weighted by Gasteiger charge is 2.45. The number of hydrogen-bond donors (Lipinski definition) is 2. The van der Waals surface area contributed by atoms with Crippen molar-refractivity contribution in [3.63, 3.8) is 0 Å². The first-order valence-electron chi connectivity index (χ1n) is 4.93. The first-order chi connectivity index (χ1) is 6.91. The zero-order valence-corrected chi connectivity index (χ0v) is 8.18. The van der Waals surface area contributed by atoms with Crippen molar-refractivity contribution in [1.29, 1.82) is 0 Å². The van der Waals surface area contributed by atoms with Crippen molar-refractivity contribution < 1.29 is 23.1 Å². The molecule has 88 valence electrons. The van der Waals surface area contributed by atoms with E-state index in [1.165, 1.54) is 0 Å². The first kappa shape index (κ1) is 12.3. The topological polar surface area (TPSA) is 49.3 Å². The van der Waals surface area contributed by atoms with E-state index < -0.39 is 30.5 Å². The molecule has 2 N–H and O–H groups in total. The molecule has 0 aromatic heterocycles. The van der Waals surface area contributed by atoms with Crippen LogP contribution in [0.2, 0.25) is 0 Å². The lowest BCUT2D eigenvalue weighted by Crippen LogP contribution is -2.47. The van der Waals surface area contributed by atoms with Crippen LogP contribution in [0.25, 0.3) is 0 Å². The number of aliphatic carboxylic acids is 1. The van der Waals surface area contributed by atoms with E-state index in [1.807, 2.05) is 0 Å². The lowest BCUT2D eigenvalue weighted by molar-refractivity contribution is -0.170. The van der Waals surface area contributed by atoms with Crippen LogP contribution in [0.3, 0.4) is 0 Å². The largest absolute Gasteiger partial charge is 0.481 e. The number of hydrogen-bond acceptors (Lipinski definition) is 2. The Balaban J connectivity index is 2.71. The van der Waals surface area contributed by atoms with E-state index in [9.17, 15) is 18.0 Å². The third-order valence-electron chi connectivity index (χ3n) is 2.63. The molecule has 1 rings (SSSR count). The lowest BCUT2D eigenvalue weighted by Gasteiger charge is -2.26. The van der Waals surface area contributed by atoms with Crippen molar-refractivity contribution in [1.82, 2.24) is 5.32 Å². The van der Waals surface area contributed by atoms with E-state index in [-0.39, 0.29) is 0 Å². The van der Waals surface area contributed by atoms with E-state index in [4.69, 9.17) is 5.11 Å². The van der Waals surface area contributed by atoms with Crippen molar-refractivity contribution in [2.45, 2.75) is 37.9 Å². The Morgan fingerprint density at radius 2 is 2.07 bits per heavy atom. The molecule has 3 nitrogen and oxygen atoms in total. The van der Waals surface area contributed by atoms with Gasteiger partial charge in [0.15, 0.2) is 0 Å². The highest BCUT2D eigenvalue weighted by Crippen LogP contribution is 2.32. The average Bonchev–Trinajstić information content (AvgIpc) is 2.27. The molecule has 0 saturated carbocycles. The van der Waals surface area contributed by atoms with E-state index in [0.717, 1.165) is 0 Å². The quantitative estimate of drug-likeness (QED) is 0.753. The van der Waals surface area contributed by atoms with Crippen molar-refractivity contribution in [2.75, 3.05) is 6.54 Å². The Labute approximate surface area is 85.7 Å². The van der Waals surface area contributed by atoms with Crippen LogP contribution in [0.1, 0.15) is 25.7 Å². The van der Waals surface area contributed by atoms with Gasteiger partial charge in [-0.25, -0.2) is 0 Å². The molecule has 0 spiro atoms. The maximum absolute atomic E-state index is 12.6. The zero-order chi connectivity index (χ0) is 11.5. The van der Waals surface area contributed by atoms with E-state index >= 15 is 0 Å². The minimum atomic E-state index is -4.36. The van der Waals surface area contributed by atoms with Gasteiger partial charge in [0.2, 0.25) is 0 Å². The summed E-state index contributed by atoms with van der Waals surface area (Å²) in [6.45, 7) is 0.306. The number of carboxylic acids is 1. The Kier molecular flexibility index (Phi) is 3.96. The summed E-state index contributed by atoms with van der Waals surface area (Å²) >= 11 is 0. The molecule has 1 saturated heterocycles. The third kappa shape index (κ3) is 3.70. The normalized spacial score (nSPS) is 28.5. The molecule has 0 radical (unpaired) electrons. The molecular weight excluding hydrogens is 211 g/mol. The van der Waals surface area contributed by atoms with Crippen molar-refractivity contribution in [3.8, 4) is 0 Å². The standard InChI is InChI=1S/C9H14F3NO2/c10-9(11,12)8-6(5-7(14)15)3-1-2-4-13-8/h6,8,13H,1-5H2,(H,14,15)/t6-,8+/m1/s1. The van der Waals surface area contributed by atoms with Crippen LogP contribution in [-0.2, 0) is 4.79 Å². The summed E-state index contributed by atoms with van der Waals surface area (Å²) in [6, 6.07) is -1.67. The fourth-order valence-electron chi connectivity index (χ4n) is 1.95. The zero-order valence-electron chi connectivity index (χ0n) is 8.18. The molecule has 1 aliphatic heterocycles. The van der Waals surface area contributed by atoms with Crippen LogP contribution in [0.4, 0.5) is 13.2 Å². The van der Waals surface area contributed by atoms with Gasteiger partial charge < -0.3 is 10.4 Å². The molecule has 15 heavy (non-hydrogen) atoms. The Bertz CT molecular complexity index is 230. The van der Waals surface area contributed by atoms with Gasteiger partial charge in [-0.2, -0.15) is 13.2 Å².